The van der Waals surface area contributed by atoms with E-state index in [1.54, 1.807) is 25.4 Å². The zero-order valence-corrected chi connectivity index (χ0v) is 13.2. The molecular formula is C19H21NO3. The number of hydrogen-bond donors (Lipinski definition) is 1. The van der Waals surface area contributed by atoms with E-state index in [-0.39, 0.29) is 6.61 Å². The number of aliphatic hydroxyl groups is 1. The lowest BCUT2D eigenvalue weighted by Gasteiger charge is -2.10. The Morgan fingerprint density at radius 3 is 2.43 bits per heavy atom. The van der Waals surface area contributed by atoms with Gasteiger partial charge < -0.3 is 14.8 Å². The number of aliphatic imine (C=N–C) groups is 1. The Morgan fingerprint density at radius 1 is 1.13 bits per heavy atom. The SMILES string of the molecule is C/N=C\CC[C@H](O)COC(=O)c1ccc(-c2ccccc2)cc1. The van der Waals surface area contributed by atoms with E-state index in [0.717, 1.165) is 11.1 Å². The van der Waals surface area contributed by atoms with Gasteiger partial charge in [-0.15, -0.1) is 0 Å². The Bertz CT molecular complexity index is 635. The van der Waals surface area contributed by atoms with Crippen molar-refractivity contribution in [1.29, 1.82) is 0 Å². The minimum atomic E-state index is -0.666. The molecule has 0 unspecified atom stereocenters. The molecule has 0 aliphatic carbocycles. The number of ether oxygens (including phenoxy) is 1. The predicted octanol–water partition coefficient (Wildman–Crippen LogP) is 3.35. The number of esters is 1. The molecule has 2 aromatic carbocycles. The molecule has 2 aromatic rings. The summed E-state index contributed by atoms with van der Waals surface area (Å²) in [6.45, 7) is -0.00315. The maximum Gasteiger partial charge on any atom is 0.338 e. The van der Waals surface area contributed by atoms with E-state index in [1.165, 1.54) is 0 Å². The first-order chi connectivity index (χ1) is 11.2. The van der Waals surface area contributed by atoms with Crippen LogP contribution in [0.4, 0.5) is 0 Å². The van der Waals surface area contributed by atoms with Crippen LogP contribution in [0.2, 0.25) is 0 Å². The van der Waals surface area contributed by atoms with Crippen LogP contribution in [0.5, 0.6) is 0 Å². The van der Waals surface area contributed by atoms with Crippen molar-refractivity contribution in [3.05, 3.63) is 60.2 Å². The number of aliphatic hydroxyl groups excluding tert-OH is 1. The van der Waals surface area contributed by atoms with Gasteiger partial charge in [0.05, 0.1) is 11.7 Å². The quantitative estimate of drug-likeness (QED) is 0.630. The van der Waals surface area contributed by atoms with Crippen LogP contribution >= 0.6 is 0 Å². The van der Waals surface area contributed by atoms with Crippen molar-refractivity contribution in [3.8, 4) is 11.1 Å². The monoisotopic (exact) mass is 311 g/mol. The number of carbonyl (C=O) groups excluding carboxylic acids is 1. The molecule has 0 aliphatic heterocycles. The van der Waals surface area contributed by atoms with Gasteiger partial charge in [-0.1, -0.05) is 42.5 Å². The van der Waals surface area contributed by atoms with Gasteiger partial charge in [0.2, 0.25) is 0 Å². The lowest BCUT2D eigenvalue weighted by Crippen LogP contribution is -2.18. The summed E-state index contributed by atoms with van der Waals surface area (Å²) < 4.78 is 5.13. The summed E-state index contributed by atoms with van der Waals surface area (Å²) in [6.07, 6.45) is 2.26. The molecule has 1 N–H and O–H groups in total. The molecule has 0 fully saturated rings. The van der Waals surface area contributed by atoms with E-state index >= 15 is 0 Å². The predicted molar refractivity (Wildman–Crippen MR) is 91.8 cm³/mol. The fourth-order valence-electron chi connectivity index (χ4n) is 2.16. The summed E-state index contributed by atoms with van der Waals surface area (Å²) in [5.74, 6) is -0.423. The third kappa shape index (κ3) is 5.34. The fourth-order valence-corrected chi connectivity index (χ4v) is 2.16. The highest BCUT2D eigenvalue weighted by atomic mass is 16.5. The van der Waals surface area contributed by atoms with Crippen LogP contribution in [-0.2, 0) is 4.74 Å². The fraction of sp³-hybridized carbons (Fsp3) is 0.263. The Labute approximate surface area is 136 Å². The lowest BCUT2D eigenvalue weighted by atomic mass is 10.0. The molecule has 0 spiro atoms. The van der Waals surface area contributed by atoms with Crippen molar-refractivity contribution < 1.29 is 14.6 Å². The summed E-state index contributed by atoms with van der Waals surface area (Å²) in [5.41, 5.74) is 2.62. The van der Waals surface area contributed by atoms with Gasteiger partial charge in [-0.05, 0) is 42.3 Å². The molecule has 1 atom stereocenters. The van der Waals surface area contributed by atoms with Crippen molar-refractivity contribution in [2.75, 3.05) is 13.7 Å². The van der Waals surface area contributed by atoms with Crippen LogP contribution in [0, 0.1) is 0 Å². The second-order valence-corrected chi connectivity index (χ2v) is 5.21. The second kappa shape index (κ2) is 8.86. The summed E-state index contributed by atoms with van der Waals surface area (Å²) in [7, 11) is 1.69. The molecular weight excluding hydrogens is 290 g/mol. The minimum absolute atomic E-state index is 0.00315. The molecule has 4 heteroatoms. The van der Waals surface area contributed by atoms with Crippen LogP contribution in [0.15, 0.2) is 59.6 Å². The largest absolute Gasteiger partial charge is 0.459 e. The van der Waals surface area contributed by atoms with Crippen molar-refractivity contribution in [3.63, 3.8) is 0 Å². The Hall–Kier alpha value is -2.46. The van der Waals surface area contributed by atoms with Crippen LogP contribution in [0.3, 0.4) is 0 Å². The highest BCUT2D eigenvalue weighted by Crippen LogP contribution is 2.19. The molecule has 0 heterocycles. The molecule has 0 amide bonds. The Morgan fingerprint density at radius 2 is 1.78 bits per heavy atom. The van der Waals surface area contributed by atoms with Crippen LogP contribution in [0.1, 0.15) is 23.2 Å². The number of carbonyl (C=O) groups is 1. The van der Waals surface area contributed by atoms with E-state index in [1.807, 2.05) is 42.5 Å². The Balaban J connectivity index is 1.88. The highest BCUT2D eigenvalue weighted by molar-refractivity contribution is 5.90. The standard InChI is InChI=1S/C19H21NO3/c1-20-13-5-8-18(21)14-23-19(22)17-11-9-16(10-12-17)15-6-3-2-4-7-15/h2-4,6-7,9-13,18,21H,5,8,14H2,1H3/b20-13-/t18-/m0/s1. The average molecular weight is 311 g/mol. The summed E-state index contributed by atoms with van der Waals surface area (Å²) in [6, 6.07) is 17.2. The number of hydrogen-bond acceptors (Lipinski definition) is 4. The van der Waals surface area contributed by atoms with Gasteiger partial charge in [0.15, 0.2) is 0 Å². The highest BCUT2D eigenvalue weighted by Gasteiger charge is 2.11. The molecule has 120 valence electrons. The van der Waals surface area contributed by atoms with E-state index in [4.69, 9.17) is 4.74 Å². The van der Waals surface area contributed by atoms with Crippen LogP contribution < -0.4 is 0 Å². The molecule has 0 radical (unpaired) electrons. The second-order valence-electron chi connectivity index (χ2n) is 5.21. The van der Waals surface area contributed by atoms with Gasteiger partial charge in [0, 0.05) is 7.05 Å². The van der Waals surface area contributed by atoms with Gasteiger partial charge in [-0.3, -0.25) is 0 Å². The smallest absolute Gasteiger partial charge is 0.338 e. The molecule has 4 nitrogen and oxygen atoms in total. The first-order valence-corrected chi connectivity index (χ1v) is 7.62. The van der Waals surface area contributed by atoms with Crippen LogP contribution in [0.25, 0.3) is 11.1 Å². The van der Waals surface area contributed by atoms with Gasteiger partial charge >= 0.3 is 5.97 Å². The van der Waals surface area contributed by atoms with Crippen LogP contribution in [-0.4, -0.2) is 37.0 Å². The topological polar surface area (TPSA) is 58.9 Å². The van der Waals surface area contributed by atoms with Gasteiger partial charge in [-0.2, -0.15) is 0 Å². The van der Waals surface area contributed by atoms with Gasteiger partial charge in [-0.25, -0.2) is 4.79 Å². The normalized spacial score (nSPS) is 12.3. The third-order valence-electron chi connectivity index (χ3n) is 3.45. The van der Waals surface area contributed by atoms with Crippen molar-refractivity contribution in [2.24, 2.45) is 4.99 Å². The molecule has 0 bridgehead atoms. The first-order valence-electron chi connectivity index (χ1n) is 7.62. The van der Waals surface area contributed by atoms with Crippen molar-refractivity contribution in [1.82, 2.24) is 0 Å². The number of nitrogens with zero attached hydrogens (tertiary/aromatic N) is 1. The van der Waals surface area contributed by atoms with E-state index in [9.17, 15) is 9.90 Å². The molecule has 0 aromatic heterocycles. The Kier molecular flexibility index (Phi) is 6.51. The van der Waals surface area contributed by atoms with E-state index < -0.39 is 12.1 Å². The van der Waals surface area contributed by atoms with Crippen molar-refractivity contribution >= 4 is 12.2 Å². The summed E-state index contributed by atoms with van der Waals surface area (Å²) >= 11 is 0. The zero-order valence-electron chi connectivity index (χ0n) is 13.2. The maximum absolute atomic E-state index is 12.0. The molecule has 0 saturated heterocycles. The van der Waals surface area contributed by atoms with Gasteiger partial charge in [0.25, 0.3) is 0 Å². The first kappa shape index (κ1) is 16.9. The third-order valence-corrected chi connectivity index (χ3v) is 3.45. The summed E-state index contributed by atoms with van der Waals surface area (Å²) in [4.78, 5) is 15.8. The van der Waals surface area contributed by atoms with Gasteiger partial charge in [0.1, 0.15) is 6.61 Å². The number of rotatable bonds is 7. The van der Waals surface area contributed by atoms with E-state index in [0.29, 0.717) is 18.4 Å². The maximum atomic E-state index is 12.0. The number of benzene rings is 2. The van der Waals surface area contributed by atoms with Crippen molar-refractivity contribution in [2.45, 2.75) is 18.9 Å². The molecule has 0 saturated carbocycles. The molecule has 2 rings (SSSR count). The molecule has 23 heavy (non-hydrogen) atoms. The average Bonchev–Trinajstić information content (AvgIpc) is 2.61. The summed E-state index contributed by atoms with van der Waals surface area (Å²) in [5, 5.41) is 9.73. The lowest BCUT2D eigenvalue weighted by molar-refractivity contribution is 0.0244. The molecule has 0 aliphatic rings. The minimum Gasteiger partial charge on any atom is -0.459 e. The zero-order chi connectivity index (χ0) is 16.5. The van der Waals surface area contributed by atoms with E-state index in [2.05, 4.69) is 4.99 Å².